The minimum atomic E-state index is 0.0355. The fourth-order valence-corrected chi connectivity index (χ4v) is 0.682. The van der Waals surface area contributed by atoms with Gasteiger partial charge in [-0.3, -0.25) is 0 Å². The van der Waals surface area contributed by atoms with Crippen LogP contribution in [0.3, 0.4) is 0 Å². The van der Waals surface area contributed by atoms with Crippen LogP contribution in [0.1, 0.15) is 20.8 Å². The van der Waals surface area contributed by atoms with Crippen LogP contribution >= 0.6 is 23.4 Å². The largest absolute Gasteiger partial charge is 0.129 e. The van der Waals surface area contributed by atoms with Crippen LogP contribution in [0.25, 0.3) is 0 Å². The molecule has 0 heterocycles. The Labute approximate surface area is 72.3 Å². The smallest absolute Gasteiger partial charge is 0.0656 e. The van der Waals surface area contributed by atoms with E-state index in [0.29, 0.717) is 0 Å². The Bertz CT molecular complexity index is 159. The first-order valence-corrected chi connectivity index (χ1v) is 4.79. The van der Waals surface area contributed by atoms with Gasteiger partial charge < -0.3 is 0 Å². The zero-order valence-corrected chi connectivity index (χ0v) is 8.44. The van der Waals surface area contributed by atoms with Crippen LogP contribution in [0, 0.1) is 5.41 Å². The number of allylic oxidation sites excluding steroid dienone is 1. The first-order valence-electron chi connectivity index (χ1n) is 3.12. The molecule has 0 aliphatic carbocycles. The maximum absolute atomic E-state index is 5.90. The highest BCUT2D eigenvalue weighted by Gasteiger charge is 2.13. The van der Waals surface area contributed by atoms with Gasteiger partial charge in [-0.25, -0.2) is 0 Å². The van der Waals surface area contributed by atoms with Gasteiger partial charge in [0.1, 0.15) is 0 Å². The van der Waals surface area contributed by atoms with Crippen molar-refractivity contribution in [3.8, 4) is 0 Å². The monoisotopic (exact) mass is 176 g/mol. The van der Waals surface area contributed by atoms with Gasteiger partial charge in [0.2, 0.25) is 0 Å². The van der Waals surface area contributed by atoms with E-state index in [2.05, 4.69) is 26.5 Å². The summed E-state index contributed by atoms with van der Waals surface area (Å²) >= 11 is 7.50. The van der Waals surface area contributed by atoms with Gasteiger partial charge in [-0.1, -0.05) is 38.1 Å². The summed E-state index contributed by atoms with van der Waals surface area (Å²) in [6, 6.07) is 0. The highest BCUT2D eigenvalue weighted by Crippen LogP contribution is 2.27. The molecule has 0 amide bonds. The summed E-state index contributed by atoms with van der Waals surface area (Å²) < 4.78 is 0. The van der Waals surface area contributed by atoms with Gasteiger partial charge >= 0.3 is 0 Å². The zero-order chi connectivity index (χ0) is 8.20. The molecule has 0 aliphatic rings. The molecule has 10 heavy (non-hydrogen) atoms. The SMILES string of the molecule is CSC=C=C(Cl)C(C)(C)C. The summed E-state index contributed by atoms with van der Waals surface area (Å²) in [6.07, 6.45) is 1.99. The predicted molar refractivity (Wildman–Crippen MR) is 50.4 cm³/mol. The van der Waals surface area contributed by atoms with Crippen molar-refractivity contribution in [1.82, 2.24) is 0 Å². The lowest BCUT2D eigenvalue weighted by Crippen LogP contribution is -2.03. The molecular weight excluding hydrogens is 164 g/mol. The van der Waals surface area contributed by atoms with E-state index in [0.717, 1.165) is 5.03 Å². The molecule has 58 valence electrons. The summed E-state index contributed by atoms with van der Waals surface area (Å²) in [4.78, 5) is 0. The Kier molecular flexibility index (Phi) is 4.19. The van der Waals surface area contributed by atoms with Crippen molar-refractivity contribution in [2.75, 3.05) is 6.26 Å². The van der Waals surface area contributed by atoms with Crippen LogP contribution < -0.4 is 0 Å². The second kappa shape index (κ2) is 4.12. The molecule has 0 fully saturated rings. The van der Waals surface area contributed by atoms with Gasteiger partial charge in [-0.05, 0) is 6.26 Å². The Morgan fingerprint density at radius 1 is 1.50 bits per heavy atom. The number of hydrogen-bond acceptors (Lipinski definition) is 1. The Morgan fingerprint density at radius 2 is 2.00 bits per heavy atom. The number of rotatable bonds is 1. The minimum absolute atomic E-state index is 0.0355. The molecule has 0 saturated heterocycles. The van der Waals surface area contributed by atoms with Crippen LogP contribution in [0.5, 0.6) is 0 Å². The van der Waals surface area contributed by atoms with E-state index in [9.17, 15) is 0 Å². The van der Waals surface area contributed by atoms with Gasteiger partial charge in [0, 0.05) is 10.8 Å². The van der Waals surface area contributed by atoms with Crippen LogP contribution in [-0.4, -0.2) is 6.26 Å². The molecule has 0 aliphatic heterocycles. The van der Waals surface area contributed by atoms with Crippen molar-refractivity contribution < 1.29 is 0 Å². The average Bonchev–Trinajstić information content (AvgIpc) is 1.80. The quantitative estimate of drug-likeness (QED) is 0.550. The molecule has 0 aromatic rings. The summed E-state index contributed by atoms with van der Waals surface area (Å²) in [5, 5.41) is 2.65. The first-order chi connectivity index (χ1) is 4.48. The predicted octanol–water partition coefficient (Wildman–Crippen LogP) is 3.63. The van der Waals surface area contributed by atoms with E-state index in [4.69, 9.17) is 11.6 Å². The van der Waals surface area contributed by atoms with Crippen LogP contribution in [0.15, 0.2) is 16.2 Å². The molecule has 0 radical (unpaired) electrons. The standard InChI is InChI=1S/C8H13ClS/c1-8(2,3)7(9)5-6-10-4/h6H,1-4H3. The van der Waals surface area contributed by atoms with Gasteiger partial charge in [-0.15, -0.1) is 11.8 Å². The van der Waals surface area contributed by atoms with E-state index in [1.165, 1.54) is 0 Å². The average molecular weight is 177 g/mol. The zero-order valence-electron chi connectivity index (χ0n) is 6.86. The molecule has 0 unspecified atom stereocenters. The molecule has 0 rings (SSSR count). The lowest BCUT2D eigenvalue weighted by atomic mass is 9.97. The van der Waals surface area contributed by atoms with Crippen molar-refractivity contribution in [3.05, 3.63) is 16.2 Å². The Hall–Kier alpha value is 0.160. The minimum Gasteiger partial charge on any atom is -0.129 e. The molecular formula is C8H13ClS. The molecule has 0 spiro atoms. The molecule has 0 aromatic heterocycles. The summed E-state index contributed by atoms with van der Waals surface area (Å²) in [5.41, 5.74) is 3.03. The number of thioether (sulfide) groups is 1. The molecule has 0 bridgehead atoms. The Morgan fingerprint density at radius 3 is 2.30 bits per heavy atom. The van der Waals surface area contributed by atoms with E-state index >= 15 is 0 Å². The topological polar surface area (TPSA) is 0 Å². The fourth-order valence-electron chi connectivity index (χ4n) is 0.327. The van der Waals surface area contributed by atoms with Crippen LogP contribution in [-0.2, 0) is 0 Å². The van der Waals surface area contributed by atoms with Crippen molar-refractivity contribution >= 4 is 23.4 Å². The summed E-state index contributed by atoms with van der Waals surface area (Å²) in [6.45, 7) is 6.20. The van der Waals surface area contributed by atoms with E-state index in [-0.39, 0.29) is 5.41 Å². The third kappa shape index (κ3) is 4.05. The van der Waals surface area contributed by atoms with Crippen molar-refractivity contribution in [2.45, 2.75) is 20.8 Å². The Balaban J connectivity index is 4.34. The molecule has 0 nitrogen and oxygen atoms in total. The molecule has 2 heteroatoms. The normalized spacial score (nSPS) is 10.5. The van der Waals surface area contributed by atoms with E-state index in [1.807, 2.05) is 11.7 Å². The van der Waals surface area contributed by atoms with Crippen molar-refractivity contribution in [3.63, 3.8) is 0 Å². The molecule has 0 atom stereocenters. The first kappa shape index (κ1) is 10.2. The second-order valence-corrected chi connectivity index (χ2v) is 4.15. The maximum atomic E-state index is 5.90. The number of halogens is 1. The highest BCUT2D eigenvalue weighted by molar-refractivity contribution is 8.01. The van der Waals surface area contributed by atoms with Crippen molar-refractivity contribution in [1.29, 1.82) is 0 Å². The van der Waals surface area contributed by atoms with Crippen molar-refractivity contribution in [2.24, 2.45) is 5.41 Å². The van der Waals surface area contributed by atoms with E-state index in [1.54, 1.807) is 11.8 Å². The number of hydrogen-bond donors (Lipinski definition) is 0. The van der Waals surface area contributed by atoms with Gasteiger partial charge in [0.05, 0.1) is 5.03 Å². The second-order valence-electron chi connectivity index (χ2n) is 3.06. The van der Waals surface area contributed by atoms with E-state index < -0.39 is 0 Å². The van der Waals surface area contributed by atoms with Gasteiger partial charge in [0.25, 0.3) is 0 Å². The lowest BCUT2D eigenvalue weighted by molar-refractivity contribution is 0.532. The fraction of sp³-hybridized carbons (Fsp3) is 0.625. The third-order valence-corrected chi connectivity index (χ3v) is 1.99. The maximum Gasteiger partial charge on any atom is 0.0656 e. The lowest BCUT2D eigenvalue weighted by Gasteiger charge is -2.14. The van der Waals surface area contributed by atoms with Gasteiger partial charge in [0.15, 0.2) is 0 Å². The molecule has 0 saturated carbocycles. The molecule has 0 N–H and O–H groups in total. The summed E-state index contributed by atoms with van der Waals surface area (Å²) in [5.74, 6) is 0. The molecule has 0 aromatic carbocycles. The summed E-state index contributed by atoms with van der Waals surface area (Å²) in [7, 11) is 0. The van der Waals surface area contributed by atoms with Crippen LogP contribution in [0.4, 0.5) is 0 Å². The third-order valence-electron chi connectivity index (χ3n) is 0.962. The van der Waals surface area contributed by atoms with Crippen LogP contribution in [0.2, 0.25) is 0 Å². The van der Waals surface area contributed by atoms with Gasteiger partial charge in [-0.2, -0.15) is 0 Å². The highest BCUT2D eigenvalue weighted by atomic mass is 35.5.